The van der Waals surface area contributed by atoms with Crippen molar-refractivity contribution in [3.05, 3.63) is 40.4 Å². The molecule has 2 heterocycles. The summed E-state index contributed by atoms with van der Waals surface area (Å²) < 4.78 is 76.2. The van der Waals surface area contributed by atoms with Crippen LogP contribution in [0.4, 0.5) is 32.0 Å². The monoisotopic (exact) mass is 344 g/mol. The van der Waals surface area contributed by atoms with Gasteiger partial charge in [0.05, 0.1) is 17.9 Å². The van der Waals surface area contributed by atoms with Crippen molar-refractivity contribution in [2.75, 3.05) is 5.73 Å². The maximum absolute atomic E-state index is 12.8. The first-order valence-corrected chi connectivity index (χ1v) is 5.99. The van der Waals surface area contributed by atoms with Crippen LogP contribution in [0.15, 0.2) is 18.2 Å². The minimum Gasteiger partial charge on any atom is -0.396 e. The van der Waals surface area contributed by atoms with Crippen LogP contribution < -0.4 is 5.73 Å². The number of halogens is 7. The molecule has 2 rings (SSSR count). The van der Waals surface area contributed by atoms with Gasteiger partial charge in [0, 0.05) is 6.07 Å². The maximum atomic E-state index is 12.8. The van der Waals surface area contributed by atoms with Gasteiger partial charge in [-0.15, -0.1) is 0 Å². The van der Waals surface area contributed by atoms with Crippen molar-refractivity contribution in [2.45, 2.75) is 18.9 Å². The van der Waals surface area contributed by atoms with Crippen LogP contribution in [-0.4, -0.2) is 14.8 Å². The van der Waals surface area contributed by atoms with Crippen LogP contribution >= 0.6 is 11.6 Å². The maximum Gasteiger partial charge on any atom is 0.435 e. The molecule has 120 valence electrons. The largest absolute Gasteiger partial charge is 0.435 e. The van der Waals surface area contributed by atoms with Crippen molar-refractivity contribution in [2.24, 2.45) is 0 Å². The fourth-order valence-corrected chi connectivity index (χ4v) is 1.80. The fourth-order valence-electron chi connectivity index (χ4n) is 1.63. The SMILES string of the molecule is Nc1ccc(Cn2nc(C(F)(F)F)cc2C(F)(F)F)nc1Cl. The molecule has 0 saturated heterocycles. The Labute approximate surface area is 124 Å². The van der Waals surface area contributed by atoms with E-state index in [1.54, 1.807) is 0 Å². The summed E-state index contributed by atoms with van der Waals surface area (Å²) in [5.41, 5.74) is 2.31. The first-order chi connectivity index (χ1) is 9.98. The number of rotatable bonds is 2. The lowest BCUT2D eigenvalue weighted by atomic mass is 10.3. The van der Waals surface area contributed by atoms with Gasteiger partial charge in [0.1, 0.15) is 5.69 Å². The third-order valence-corrected chi connectivity index (χ3v) is 2.91. The number of nitrogens with two attached hydrogens (primary N) is 1. The van der Waals surface area contributed by atoms with Crippen LogP contribution in [0.1, 0.15) is 17.1 Å². The number of hydrogen-bond donors (Lipinski definition) is 1. The first kappa shape index (κ1) is 16.4. The van der Waals surface area contributed by atoms with E-state index in [4.69, 9.17) is 17.3 Å². The molecule has 0 aliphatic heterocycles. The summed E-state index contributed by atoms with van der Waals surface area (Å²) in [5.74, 6) is 0. The molecule has 0 radical (unpaired) electrons. The summed E-state index contributed by atoms with van der Waals surface area (Å²) in [4.78, 5) is 3.69. The van der Waals surface area contributed by atoms with Gasteiger partial charge in [0.15, 0.2) is 10.8 Å². The van der Waals surface area contributed by atoms with Gasteiger partial charge in [-0.25, -0.2) is 4.98 Å². The Bertz CT molecular complexity index is 691. The number of anilines is 1. The number of aromatic nitrogens is 3. The molecule has 11 heteroatoms. The van der Waals surface area contributed by atoms with Gasteiger partial charge in [-0.2, -0.15) is 31.4 Å². The lowest BCUT2D eigenvalue weighted by Gasteiger charge is -2.10. The van der Waals surface area contributed by atoms with Gasteiger partial charge in [0.2, 0.25) is 0 Å². The van der Waals surface area contributed by atoms with E-state index in [1.165, 1.54) is 12.1 Å². The molecule has 0 atom stereocenters. The van der Waals surface area contributed by atoms with Gasteiger partial charge in [-0.1, -0.05) is 11.6 Å². The smallest absolute Gasteiger partial charge is 0.396 e. The minimum atomic E-state index is -4.99. The van der Waals surface area contributed by atoms with E-state index >= 15 is 0 Å². The molecule has 0 fully saturated rings. The van der Waals surface area contributed by atoms with E-state index in [1.807, 2.05) is 0 Å². The Balaban J connectivity index is 2.44. The van der Waals surface area contributed by atoms with Crippen molar-refractivity contribution in [3.8, 4) is 0 Å². The number of pyridine rings is 1. The van der Waals surface area contributed by atoms with Gasteiger partial charge in [-0.3, -0.25) is 4.68 Å². The van der Waals surface area contributed by atoms with Crippen molar-refractivity contribution < 1.29 is 26.3 Å². The molecule has 0 spiro atoms. The van der Waals surface area contributed by atoms with Crippen molar-refractivity contribution in [1.82, 2.24) is 14.8 Å². The molecule has 0 unspecified atom stereocenters. The molecule has 2 N–H and O–H groups in total. The molecule has 2 aromatic heterocycles. The molecule has 2 aromatic rings. The molecule has 0 aliphatic rings. The van der Waals surface area contributed by atoms with Gasteiger partial charge in [-0.05, 0) is 12.1 Å². The van der Waals surface area contributed by atoms with E-state index < -0.39 is 30.3 Å². The van der Waals surface area contributed by atoms with E-state index in [0.717, 1.165) is 0 Å². The lowest BCUT2D eigenvalue weighted by Crippen LogP contribution is -2.16. The first-order valence-electron chi connectivity index (χ1n) is 5.61. The lowest BCUT2D eigenvalue weighted by molar-refractivity contribution is -0.144. The highest BCUT2D eigenvalue weighted by molar-refractivity contribution is 6.31. The van der Waals surface area contributed by atoms with Crippen LogP contribution in [0.25, 0.3) is 0 Å². The van der Waals surface area contributed by atoms with Crippen molar-refractivity contribution in [1.29, 1.82) is 0 Å². The summed E-state index contributed by atoms with van der Waals surface area (Å²) in [6.45, 7) is -0.634. The Hall–Kier alpha value is -1.97. The zero-order chi connectivity index (χ0) is 16.7. The highest BCUT2D eigenvalue weighted by Gasteiger charge is 2.41. The topological polar surface area (TPSA) is 56.7 Å². The Morgan fingerprint density at radius 2 is 1.73 bits per heavy atom. The summed E-state index contributed by atoms with van der Waals surface area (Å²) in [5, 5.41) is 2.79. The summed E-state index contributed by atoms with van der Waals surface area (Å²) in [6, 6.07) is 2.47. The van der Waals surface area contributed by atoms with Gasteiger partial charge >= 0.3 is 12.4 Å². The van der Waals surface area contributed by atoms with E-state index in [2.05, 4.69) is 10.1 Å². The van der Waals surface area contributed by atoms with E-state index in [0.29, 0.717) is 0 Å². The van der Waals surface area contributed by atoms with Crippen LogP contribution in [0, 0.1) is 0 Å². The molecule has 0 saturated carbocycles. The normalized spacial score (nSPS) is 12.7. The van der Waals surface area contributed by atoms with Crippen LogP contribution in [0.2, 0.25) is 5.15 Å². The number of hydrogen-bond acceptors (Lipinski definition) is 3. The number of alkyl halides is 6. The number of nitrogens with zero attached hydrogens (tertiary/aromatic N) is 3. The zero-order valence-electron chi connectivity index (χ0n) is 10.5. The highest BCUT2D eigenvalue weighted by atomic mass is 35.5. The zero-order valence-corrected chi connectivity index (χ0v) is 11.3. The summed E-state index contributed by atoms with van der Waals surface area (Å²) in [7, 11) is 0. The van der Waals surface area contributed by atoms with Gasteiger partial charge in [0.25, 0.3) is 0 Å². The second kappa shape index (κ2) is 5.34. The third-order valence-electron chi connectivity index (χ3n) is 2.61. The Morgan fingerprint density at radius 1 is 1.09 bits per heavy atom. The number of nitrogen functional groups attached to an aromatic ring is 1. The molecule has 0 amide bonds. The van der Waals surface area contributed by atoms with Crippen molar-refractivity contribution in [3.63, 3.8) is 0 Å². The molecule has 0 aliphatic carbocycles. The van der Waals surface area contributed by atoms with Crippen LogP contribution in [-0.2, 0) is 18.9 Å². The van der Waals surface area contributed by atoms with Crippen molar-refractivity contribution >= 4 is 17.3 Å². The standard InChI is InChI=1S/C11H7ClF6N4/c12-9-6(19)2-1-5(20-9)4-22-8(11(16,17)18)3-7(21-22)10(13,14)15/h1-3H,4,19H2. The summed E-state index contributed by atoms with van der Waals surface area (Å²) in [6.07, 6.45) is -9.98. The van der Waals surface area contributed by atoms with Crippen LogP contribution in [0.3, 0.4) is 0 Å². The molecular formula is C11H7ClF6N4. The third kappa shape index (κ3) is 3.43. The summed E-state index contributed by atoms with van der Waals surface area (Å²) >= 11 is 5.62. The quantitative estimate of drug-likeness (QED) is 0.669. The van der Waals surface area contributed by atoms with Crippen LogP contribution in [0.5, 0.6) is 0 Å². The Morgan fingerprint density at radius 3 is 2.23 bits per heavy atom. The minimum absolute atomic E-state index is 0.0125. The predicted molar refractivity (Wildman–Crippen MR) is 65.0 cm³/mol. The Kier molecular flexibility index (Phi) is 3.98. The molecular weight excluding hydrogens is 338 g/mol. The molecule has 0 aromatic carbocycles. The molecule has 22 heavy (non-hydrogen) atoms. The second-order valence-electron chi connectivity index (χ2n) is 4.25. The average molecular weight is 345 g/mol. The molecule has 0 bridgehead atoms. The second-order valence-corrected chi connectivity index (χ2v) is 4.61. The van der Waals surface area contributed by atoms with Gasteiger partial charge < -0.3 is 5.73 Å². The van der Waals surface area contributed by atoms with E-state index in [9.17, 15) is 26.3 Å². The molecule has 4 nitrogen and oxygen atoms in total. The predicted octanol–water partition coefficient (Wildman–Crippen LogP) is 3.60. The highest BCUT2D eigenvalue weighted by Crippen LogP contribution is 2.35. The fraction of sp³-hybridized carbons (Fsp3) is 0.273. The van der Waals surface area contributed by atoms with E-state index in [-0.39, 0.29) is 27.3 Å². The average Bonchev–Trinajstić information content (AvgIpc) is 2.77.